The summed E-state index contributed by atoms with van der Waals surface area (Å²) < 4.78 is 23.6. The maximum atomic E-state index is 13.2. The van der Waals surface area contributed by atoms with Crippen LogP contribution in [0.5, 0.6) is 11.5 Å². The van der Waals surface area contributed by atoms with E-state index in [-0.39, 0.29) is 25.3 Å². The maximum absolute atomic E-state index is 13.2. The molecular weight excluding hydrogens is 339 g/mol. The monoisotopic (exact) mass is 360 g/mol. The molecule has 0 saturated heterocycles. The molecule has 0 aliphatic carbocycles. The number of methoxy groups -OCH3 is 2. The standard InChI is InChI=1S/C19H21FN2O4/c1-25-16-8-3-13(11-17(16)26-2)12-19(24)22(10-9-18(21)23)15-6-4-14(20)5-7-15/h3-8,11H,9-10,12H2,1-2H3,(H2,21,23). The fourth-order valence-electron chi connectivity index (χ4n) is 2.50. The number of nitrogens with two attached hydrogens (primary N) is 1. The third-order valence-electron chi connectivity index (χ3n) is 3.82. The summed E-state index contributed by atoms with van der Waals surface area (Å²) in [6.07, 6.45) is 0.0888. The molecular formula is C19H21FN2O4. The minimum absolute atomic E-state index is 0.00898. The summed E-state index contributed by atoms with van der Waals surface area (Å²) in [5.74, 6) is -0.0897. The minimum Gasteiger partial charge on any atom is -0.493 e. The van der Waals surface area contributed by atoms with Gasteiger partial charge in [0.1, 0.15) is 5.82 Å². The minimum atomic E-state index is -0.518. The van der Waals surface area contributed by atoms with Gasteiger partial charge < -0.3 is 20.1 Å². The molecule has 0 aromatic heterocycles. The van der Waals surface area contributed by atoms with Crippen LogP contribution >= 0.6 is 0 Å². The fourth-order valence-corrected chi connectivity index (χ4v) is 2.50. The van der Waals surface area contributed by atoms with Gasteiger partial charge in [0.25, 0.3) is 0 Å². The van der Waals surface area contributed by atoms with Crippen LogP contribution in [0.2, 0.25) is 0 Å². The molecule has 2 aromatic rings. The highest BCUT2D eigenvalue weighted by molar-refractivity contribution is 5.95. The van der Waals surface area contributed by atoms with Gasteiger partial charge in [-0.15, -0.1) is 0 Å². The van der Waals surface area contributed by atoms with Crippen LogP contribution in [0, 0.1) is 5.82 Å². The number of rotatable bonds is 8. The van der Waals surface area contributed by atoms with Crippen LogP contribution in [0.3, 0.4) is 0 Å². The molecule has 2 amide bonds. The van der Waals surface area contributed by atoms with Crippen molar-refractivity contribution in [3.8, 4) is 11.5 Å². The number of hydrogen-bond acceptors (Lipinski definition) is 4. The van der Waals surface area contributed by atoms with Crippen LogP contribution in [-0.2, 0) is 16.0 Å². The maximum Gasteiger partial charge on any atom is 0.231 e. The van der Waals surface area contributed by atoms with Crippen molar-refractivity contribution in [1.29, 1.82) is 0 Å². The Bertz CT molecular complexity index is 778. The Morgan fingerprint density at radius 1 is 1.04 bits per heavy atom. The number of primary amides is 1. The van der Waals surface area contributed by atoms with E-state index in [1.165, 1.54) is 43.4 Å². The van der Waals surface area contributed by atoms with E-state index in [9.17, 15) is 14.0 Å². The molecule has 26 heavy (non-hydrogen) atoms. The van der Waals surface area contributed by atoms with Gasteiger partial charge in [0.15, 0.2) is 11.5 Å². The lowest BCUT2D eigenvalue weighted by Gasteiger charge is -2.22. The Hall–Kier alpha value is -3.09. The van der Waals surface area contributed by atoms with Gasteiger partial charge in [0.05, 0.1) is 20.6 Å². The van der Waals surface area contributed by atoms with Crippen LogP contribution < -0.4 is 20.1 Å². The van der Waals surface area contributed by atoms with Gasteiger partial charge in [0, 0.05) is 18.7 Å². The zero-order valence-corrected chi connectivity index (χ0v) is 14.7. The molecule has 0 aliphatic rings. The lowest BCUT2D eigenvalue weighted by atomic mass is 10.1. The van der Waals surface area contributed by atoms with Crippen LogP contribution in [0.15, 0.2) is 42.5 Å². The fraction of sp³-hybridized carbons (Fsp3) is 0.263. The summed E-state index contributed by atoms with van der Waals surface area (Å²) in [7, 11) is 3.05. The summed E-state index contributed by atoms with van der Waals surface area (Å²) in [5, 5.41) is 0. The summed E-state index contributed by atoms with van der Waals surface area (Å²) in [5.41, 5.74) is 6.42. The molecule has 7 heteroatoms. The van der Waals surface area contributed by atoms with E-state index in [0.717, 1.165) is 5.56 Å². The first-order chi connectivity index (χ1) is 12.4. The average Bonchev–Trinajstić information content (AvgIpc) is 2.63. The number of halogens is 1. The predicted octanol–water partition coefficient (Wildman–Crippen LogP) is 2.29. The van der Waals surface area contributed by atoms with Gasteiger partial charge in [0.2, 0.25) is 11.8 Å². The second-order valence-electron chi connectivity index (χ2n) is 5.60. The Kier molecular flexibility index (Phi) is 6.54. The van der Waals surface area contributed by atoms with Gasteiger partial charge in [-0.1, -0.05) is 6.07 Å². The van der Waals surface area contributed by atoms with Gasteiger partial charge >= 0.3 is 0 Å². The number of carbonyl (C=O) groups excluding carboxylic acids is 2. The highest BCUT2D eigenvalue weighted by Crippen LogP contribution is 2.28. The SMILES string of the molecule is COc1ccc(CC(=O)N(CCC(N)=O)c2ccc(F)cc2)cc1OC. The Morgan fingerprint density at radius 2 is 1.69 bits per heavy atom. The Balaban J connectivity index is 2.22. The molecule has 0 bridgehead atoms. The van der Waals surface area contributed by atoms with Crippen molar-refractivity contribution in [1.82, 2.24) is 0 Å². The number of hydrogen-bond donors (Lipinski definition) is 1. The van der Waals surface area contributed by atoms with Crippen molar-refractivity contribution in [2.45, 2.75) is 12.8 Å². The molecule has 0 radical (unpaired) electrons. The number of benzene rings is 2. The summed E-state index contributed by atoms with van der Waals surface area (Å²) in [6, 6.07) is 10.7. The number of ether oxygens (including phenoxy) is 2. The number of carbonyl (C=O) groups is 2. The van der Waals surface area contributed by atoms with E-state index in [2.05, 4.69) is 0 Å². The number of nitrogens with zero attached hydrogens (tertiary/aromatic N) is 1. The first-order valence-corrected chi connectivity index (χ1v) is 7.99. The van der Waals surface area contributed by atoms with Crippen LogP contribution in [0.4, 0.5) is 10.1 Å². The molecule has 0 spiro atoms. The van der Waals surface area contributed by atoms with Gasteiger partial charge in [-0.05, 0) is 42.0 Å². The summed E-state index contributed by atoms with van der Waals surface area (Å²) in [4.78, 5) is 25.3. The molecule has 2 rings (SSSR count). The van der Waals surface area contributed by atoms with Crippen molar-refractivity contribution < 1.29 is 23.5 Å². The van der Waals surface area contributed by atoms with Crippen molar-refractivity contribution in [3.63, 3.8) is 0 Å². The van der Waals surface area contributed by atoms with Gasteiger partial charge in [-0.3, -0.25) is 9.59 Å². The quantitative estimate of drug-likeness (QED) is 0.783. The number of amides is 2. The smallest absolute Gasteiger partial charge is 0.231 e. The molecule has 0 fully saturated rings. The second kappa shape index (κ2) is 8.84. The second-order valence-corrected chi connectivity index (χ2v) is 5.60. The van der Waals surface area contributed by atoms with E-state index < -0.39 is 11.7 Å². The zero-order valence-electron chi connectivity index (χ0n) is 14.7. The van der Waals surface area contributed by atoms with Crippen molar-refractivity contribution in [2.75, 3.05) is 25.7 Å². The normalized spacial score (nSPS) is 10.3. The van der Waals surface area contributed by atoms with Crippen LogP contribution in [-0.4, -0.2) is 32.6 Å². The predicted molar refractivity (Wildman–Crippen MR) is 95.8 cm³/mol. The average molecular weight is 360 g/mol. The molecule has 2 N–H and O–H groups in total. The van der Waals surface area contributed by atoms with Crippen molar-refractivity contribution in [3.05, 3.63) is 53.8 Å². The summed E-state index contributed by atoms with van der Waals surface area (Å²) in [6.45, 7) is 0.118. The molecule has 6 nitrogen and oxygen atoms in total. The zero-order chi connectivity index (χ0) is 19.1. The Labute approximate surface area is 151 Å². The molecule has 0 saturated carbocycles. The van der Waals surface area contributed by atoms with Crippen LogP contribution in [0.25, 0.3) is 0 Å². The first-order valence-electron chi connectivity index (χ1n) is 7.99. The largest absolute Gasteiger partial charge is 0.493 e. The third-order valence-corrected chi connectivity index (χ3v) is 3.82. The Morgan fingerprint density at radius 3 is 2.27 bits per heavy atom. The lowest BCUT2D eigenvalue weighted by Crippen LogP contribution is -2.35. The van der Waals surface area contributed by atoms with Crippen molar-refractivity contribution in [2.24, 2.45) is 5.73 Å². The molecule has 0 heterocycles. The van der Waals surface area contributed by atoms with Crippen molar-refractivity contribution >= 4 is 17.5 Å². The molecule has 0 atom stereocenters. The van der Waals surface area contributed by atoms with Crippen LogP contribution in [0.1, 0.15) is 12.0 Å². The van der Waals surface area contributed by atoms with E-state index >= 15 is 0 Å². The lowest BCUT2D eigenvalue weighted by molar-refractivity contribution is -0.118. The first kappa shape index (κ1) is 19.2. The molecule has 0 unspecified atom stereocenters. The highest BCUT2D eigenvalue weighted by atomic mass is 19.1. The van der Waals surface area contributed by atoms with E-state index in [1.54, 1.807) is 18.2 Å². The molecule has 138 valence electrons. The topological polar surface area (TPSA) is 81.9 Å². The molecule has 0 aliphatic heterocycles. The molecule has 2 aromatic carbocycles. The third kappa shape index (κ3) is 4.95. The van der Waals surface area contributed by atoms with E-state index in [1.807, 2.05) is 0 Å². The highest BCUT2D eigenvalue weighted by Gasteiger charge is 2.18. The number of anilines is 1. The van der Waals surface area contributed by atoms with E-state index in [4.69, 9.17) is 15.2 Å². The van der Waals surface area contributed by atoms with Gasteiger partial charge in [-0.2, -0.15) is 0 Å². The summed E-state index contributed by atoms with van der Waals surface area (Å²) >= 11 is 0. The van der Waals surface area contributed by atoms with E-state index in [0.29, 0.717) is 17.2 Å². The van der Waals surface area contributed by atoms with Gasteiger partial charge in [-0.25, -0.2) is 4.39 Å².